The Morgan fingerprint density at radius 1 is 1.15 bits per heavy atom. The molecule has 0 spiro atoms. The van der Waals surface area contributed by atoms with Gasteiger partial charge in [0.05, 0.1) is 0 Å². The number of halogens is 1. The van der Waals surface area contributed by atoms with Gasteiger partial charge in [0, 0.05) is 13.2 Å². The van der Waals surface area contributed by atoms with Gasteiger partial charge in [-0.15, -0.1) is 0 Å². The van der Waals surface area contributed by atoms with Gasteiger partial charge in [-0.1, -0.05) is 18.6 Å². The number of hydrogen-bond acceptors (Lipinski definition) is 3. The van der Waals surface area contributed by atoms with E-state index in [0.29, 0.717) is 23.0 Å². The van der Waals surface area contributed by atoms with E-state index in [2.05, 4.69) is 0 Å². The van der Waals surface area contributed by atoms with Gasteiger partial charge < -0.3 is 13.9 Å². The summed E-state index contributed by atoms with van der Waals surface area (Å²) in [5, 5.41) is 0. The Morgan fingerprint density at radius 2 is 1.90 bits per heavy atom. The average molecular weight is 298 g/mol. The van der Waals surface area contributed by atoms with Crippen molar-refractivity contribution in [3.63, 3.8) is 0 Å². The van der Waals surface area contributed by atoms with E-state index in [9.17, 15) is 4.39 Å². The van der Waals surface area contributed by atoms with E-state index in [1.165, 1.54) is 6.07 Å². The Balaban J connectivity index is 2.06. The number of aryl methyl sites for hydroxylation is 1. The van der Waals surface area contributed by atoms with Crippen molar-refractivity contribution in [3.05, 3.63) is 35.6 Å². The zero-order chi connectivity index (χ0) is 14.6. The van der Waals surface area contributed by atoms with Gasteiger partial charge in [-0.3, -0.25) is 0 Å². The van der Waals surface area contributed by atoms with E-state index in [-0.39, 0.29) is 5.82 Å². The summed E-state index contributed by atoms with van der Waals surface area (Å²) in [4.78, 5) is 0. The van der Waals surface area contributed by atoms with Crippen molar-refractivity contribution in [1.82, 2.24) is 0 Å². The summed E-state index contributed by atoms with van der Waals surface area (Å²) in [5.74, 6) is -0.163. The molecular formula is C15H23FO3Si. The van der Waals surface area contributed by atoms with Crippen LogP contribution in [0.25, 0.3) is 0 Å². The molecular weight excluding hydrogens is 275 g/mol. The van der Waals surface area contributed by atoms with E-state index in [4.69, 9.17) is 13.9 Å². The summed E-state index contributed by atoms with van der Waals surface area (Å²) in [6.07, 6.45) is 3.00. The quantitative estimate of drug-likeness (QED) is 0.355. The van der Waals surface area contributed by atoms with Crippen LogP contribution in [0.4, 0.5) is 4.39 Å². The molecule has 0 bridgehead atoms. The Hall–Kier alpha value is -0.753. The van der Waals surface area contributed by atoms with Gasteiger partial charge in [0.1, 0.15) is 5.82 Å². The van der Waals surface area contributed by atoms with Gasteiger partial charge in [0.2, 0.25) is 9.76 Å². The van der Waals surface area contributed by atoms with E-state index in [1.54, 1.807) is 12.1 Å². The SMILES string of the molecule is CCOC(OCC)O[Si]CCCCc1cccc(F)c1. The summed E-state index contributed by atoms with van der Waals surface area (Å²) in [6, 6.07) is 7.76. The zero-order valence-corrected chi connectivity index (χ0v) is 13.2. The second kappa shape index (κ2) is 11.0. The highest BCUT2D eigenvalue weighted by Gasteiger charge is 2.07. The van der Waals surface area contributed by atoms with E-state index < -0.39 is 6.48 Å². The molecule has 0 unspecified atom stereocenters. The van der Waals surface area contributed by atoms with Crippen LogP contribution in [-0.2, 0) is 20.3 Å². The molecule has 0 atom stereocenters. The first-order valence-electron chi connectivity index (χ1n) is 7.12. The van der Waals surface area contributed by atoms with Crippen LogP contribution < -0.4 is 0 Å². The first-order chi connectivity index (χ1) is 9.76. The fraction of sp³-hybridized carbons (Fsp3) is 0.600. The van der Waals surface area contributed by atoms with Gasteiger partial charge in [-0.05, 0) is 50.4 Å². The van der Waals surface area contributed by atoms with Crippen molar-refractivity contribution < 1.29 is 18.3 Å². The molecule has 0 N–H and O–H groups in total. The summed E-state index contributed by atoms with van der Waals surface area (Å²) in [5.41, 5.74) is 1.05. The molecule has 1 aromatic rings. The van der Waals surface area contributed by atoms with Crippen LogP contribution in [0.1, 0.15) is 32.3 Å². The minimum absolute atomic E-state index is 0.163. The van der Waals surface area contributed by atoms with Gasteiger partial charge >= 0.3 is 0 Å². The van der Waals surface area contributed by atoms with Crippen molar-refractivity contribution >= 4 is 9.76 Å². The van der Waals surface area contributed by atoms with Gasteiger partial charge in [-0.25, -0.2) is 4.39 Å². The molecule has 3 nitrogen and oxygen atoms in total. The predicted octanol–water partition coefficient (Wildman–Crippen LogP) is 3.56. The molecule has 0 amide bonds. The van der Waals surface area contributed by atoms with E-state index in [0.717, 1.165) is 30.9 Å². The first-order valence-corrected chi connectivity index (χ1v) is 8.24. The molecule has 20 heavy (non-hydrogen) atoms. The smallest absolute Gasteiger partial charge is 0.261 e. The first kappa shape index (κ1) is 17.3. The Labute approximate surface area is 123 Å². The molecule has 112 valence electrons. The molecule has 0 aromatic heterocycles. The molecule has 0 aliphatic heterocycles. The lowest BCUT2D eigenvalue weighted by molar-refractivity contribution is -0.243. The van der Waals surface area contributed by atoms with Crippen molar-refractivity contribution in [2.45, 2.75) is 45.6 Å². The van der Waals surface area contributed by atoms with Crippen LogP contribution in [0.15, 0.2) is 24.3 Å². The number of hydrogen-bond donors (Lipinski definition) is 0. The zero-order valence-electron chi connectivity index (χ0n) is 12.2. The molecule has 1 aromatic carbocycles. The van der Waals surface area contributed by atoms with E-state index in [1.807, 2.05) is 19.9 Å². The lowest BCUT2D eigenvalue weighted by Crippen LogP contribution is -2.22. The summed E-state index contributed by atoms with van der Waals surface area (Å²) in [7, 11) is 0.373. The van der Waals surface area contributed by atoms with E-state index >= 15 is 0 Å². The number of ether oxygens (including phenoxy) is 2. The molecule has 5 heteroatoms. The monoisotopic (exact) mass is 298 g/mol. The average Bonchev–Trinajstić information content (AvgIpc) is 2.43. The summed E-state index contributed by atoms with van der Waals surface area (Å²) in [6.45, 7) is 4.45. The van der Waals surface area contributed by atoms with Crippen molar-refractivity contribution in [3.8, 4) is 0 Å². The topological polar surface area (TPSA) is 27.7 Å². The van der Waals surface area contributed by atoms with Crippen LogP contribution in [0.2, 0.25) is 6.04 Å². The van der Waals surface area contributed by atoms with Crippen molar-refractivity contribution in [2.75, 3.05) is 13.2 Å². The molecule has 0 heterocycles. The molecule has 2 radical (unpaired) electrons. The normalized spacial score (nSPS) is 11.2. The standard InChI is InChI=1S/C15H23FO3Si/c1-3-17-15(18-4-2)19-20-11-6-5-8-13-9-7-10-14(16)12-13/h7,9-10,12,15H,3-6,8,11H2,1-2H3. The molecule has 0 fully saturated rings. The van der Waals surface area contributed by atoms with Crippen LogP contribution in [0.5, 0.6) is 0 Å². The Kier molecular flexibility index (Phi) is 9.49. The van der Waals surface area contributed by atoms with Gasteiger partial charge in [0.15, 0.2) is 0 Å². The van der Waals surface area contributed by atoms with Crippen LogP contribution in [0.3, 0.4) is 0 Å². The molecule has 0 aliphatic carbocycles. The van der Waals surface area contributed by atoms with Crippen molar-refractivity contribution in [1.29, 1.82) is 0 Å². The molecule has 1 rings (SSSR count). The Morgan fingerprint density at radius 3 is 2.55 bits per heavy atom. The predicted molar refractivity (Wildman–Crippen MR) is 78.0 cm³/mol. The maximum atomic E-state index is 13.0. The summed E-state index contributed by atoms with van der Waals surface area (Å²) < 4.78 is 29.1. The lowest BCUT2D eigenvalue weighted by Gasteiger charge is -2.16. The third kappa shape index (κ3) is 7.74. The van der Waals surface area contributed by atoms with Gasteiger partial charge in [-0.2, -0.15) is 0 Å². The third-order valence-corrected chi connectivity index (χ3v) is 3.59. The molecule has 0 saturated heterocycles. The highest BCUT2D eigenvalue weighted by atomic mass is 28.2. The maximum absolute atomic E-state index is 13.0. The highest BCUT2D eigenvalue weighted by Crippen LogP contribution is 2.09. The number of unbranched alkanes of at least 4 members (excludes halogenated alkanes) is 1. The second-order valence-electron chi connectivity index (χ2n) is 4.30. The van der Waals surface area contributed by atoms with Crippen molar-refractivity contribution in [2.24, 2.45) is 0 Å². The highest BCUT2D eigenvalue weighted by molar-refractivity contribution is 6.27. The minimum atomic E-state index is -0.536. The maximum Gasteiger partial charge on any atom is 0.261 e. The largest absolute Gasteiger partial charge is 0.372 e. The van der Waals surface area contributed by atoms with Crippen LogP contribution in [0, 0.1) is 5.82 Å². The molecule has 0 saturated carbocycles. The van der Waals surface area contributed by atoms with Crippen LogP contribution >= 0.6 is 0 Å². The Bertz CT molecular complexity index is 357. The number of benzene rings is 1. The minimum Gasteiger partial charge on any atom is -0.372 e. The number of rotatable bonds is 11. The second-order valence-corrected chi connectivity index (χ2v) is 5.32. The third-order valence-electron chi connectivity index (χ3n) is 2.67. The summed E-state index contributed by atoms with van der Waals surface area (Å²) >= 11 is 0. The fourth-order valence-electron chi connectivity index (χ4n) is 1.73. The van der Waals surface area contributed by atoms with Gasteiger partial charge in [0.25, 0.3) is 6.48 Å². The lowest BCUT2D eigenvalue weighted by atomic mass is 10.1. The fourth-order valence-corrected chi connectivity index (χ4v) is 2.52. The molecule has 0 aliphatic rings. The van der Waals surface area contributed by atoms with Crippen LogP contribution in [-0.4, -0.2) is 29.5 Å².